The van der Waals surface area contributed by atoms with Crippen molar-refractivity contribution in [3.8, 4) is 11.5 Å². The van der Waals surface area contributed by atoms with Crippen molar-refractivity contribution in [1.82, 2.24) is 19.6 Å². The molecule has 0 aliphatic carbocycles. The molecular formula is C11H7ClN4. The number of hydrogen-bond donors (Lipinski definition) is 0. The van der Waals surface area contributed by atoms with Gasteiger partial charge in [-0.05, 0) is 24.3 Å². The fourth-order valence-electron chi connectivity index (χ4n) is 1.56. The standard InChI is InChI=1S/C11H7ClN4/c12-9-5-3-6-10-14-15-11(16(9)10)8-4-1-2-7-13-8/h1-7H. The van der Waals surface area contributed by atoms with Crippen LogP contribution in [-0.2, 0) is 0 Å². The van der Waals surface area contributed by atoms with Gasteiger partial charge in [-0.3, -0.25) is 9.38 Å². The minimum atomic E-state index is 0.572. The molecule has 16 heavy (non-hydrogen) atoms. The third-order valence-electron chi connectivity index (χ3n) is 2.27. The molecule has 0 saturated heterocycles. The van der Waals surface area contributed by atoms with Crippen LogP contribution in [0.1, 0.15) is 0 Å². The van der Waals surface area contributed by atoms with Gasteiger partial charge >= 0.3 is 0 Å². The van der Waals surface area contributed by atoms with Gasteiger partial charge in [-0.2, -0.15) is 0 Å². The molecule has 0 bridgehead atoms. The molecule has 3 heterocycles. The normalized spacial score (nSPS) is 10.8. The van der Waals surface area contributed by atoms with Gasteiger partial charge in [0.15, 0.2) is 11.5 Å². The molecular weight excluding hydrogens is 224 g/mol. The highest BCUT2D eigenvalue weighted by atomic mass is 35.5. The lowest BCUT2D eigenvalue weighted by Gasteiger charge is -2.00. The lowest BCUT2D eigenvalue weighted by Crippen LogP contribution is -1.92. The topological polar surface area (TPSA) is 43.1 Å². The molecule has 0 amide bonds. The van der Waals surface area contributed by atoms with Gasteiger partial charge in [-0.15, -0.1) is 10.2 Å². The minimum Gasteiger partial charge on any atom is -0.264 e. The summed E-state index contributed by atoms with van der Waals surface area (Å²) in [5.74, 6) is 0.654. The molecule has 5 heteroatoms. The fraction of sp³-hybridized carbons (Fsp3) is 0. The second-order valence-corrected chi connectivity index (χ2v) is 3.67. The summed E-state index contributed by atoms with van der Waals surface area (Å²) in [5.41, 5.74) is 1.47. The SMILES string of the molecule is Clc1cccc2nnc(-c3ccccn3)n12. The zero-order valence-corrected chi connectivity index (χ0v) is 8.96. The first kappa shape index (κ1) is 9.30. The lowest BCUT2D eigenvalue weighted by atomic mass is 10.3. The van der Waals surface area contributed by atoms with E-state index in [1.54, 1.807) is 16.7 Å². The number of fused-ring (bicyclic) bond motifs is 1. The third kappa shape index (κ3) is 1.35. The summed E-state index contributed by atoms with van der Waals surface area (Å²) >= 11 is 6.11. The molecule has 0 spiro atoms. The van der Waals surface area contributed by atoms with Gasteiger partial charge in [0.25, 0.3) is 0 Å². The summed E-state index contributed by atoms with van der Waals surface area (Å²) in [6, 6.07) is 11.1. The molecule has 3 aromatic rings. The molecule has 4 nitrogen and oxygen atoms in total. The maximum absolute atomic E-state index is 6.11. The number of aromatic nitrogens is 4. The quantitative estimate of drug-likeness (QED) is 0.603. The monoisotopic (exact) mass is 230 g/mol. The van der Waals surface area contributed by atoms with E-state index in [1.807, 2.05) is 30.3 Å². The Balaban J connectivity index is 2.33. The largest absolute Gasteiger partial charge is 0.264 e. The van der Waals surface area contributed by atoms with Gasteiger partial charge in [0.05, 0.1) is 0 Å². The predicted octanol–water partition coefficient (Wildman–Crippen LogP) is 2.44. The number of halogens is 1. The maximum Gasteiger partial charge on any atom is 0.188 e. The summed E-state index contributed by atoms with van der Waals surface area (Å²) in [6.07, 6.45) is 1.72. The van der Waals surface area contributed by atoms with Gasteiger partial charge in [0.1, 0.15) is 10.8 Å². The summed E-state index contributed by atoms with van der Waals surface area (Å²) < 4.78 is 1.77. The average Bonchev–Trinajstić information content (AvgIpc) is 2.75. The van der Waals surface area contributed by atoms with Crippen molar-refractivity contribution in [3.63, 3.8) is 0 Å². The Morgan fingerprint density at radius 3 is 2.75 bits per heavy atom. The van der Waals surface area contributed by atoms with Crippen LogP contribution in [0.25, 0.3) is 17.2 Å². The van der Waals surface area contributed by atoms with Crippen molar-refractivity contribution in [2.45, 2.75) is 0 Å². The van der Waals surface area contributed by atoms with E-state index in [2.05, 4.69) is 15.2 Å². The Morgan fingerprint density at radius 1 is 1.00 bits per heavy atom. The van der Waals surface area contributed by atoms with Crippen LogP contribution in [0.15, 0.2) is 42.6 Å². The summed E-state index contributed by atoms with van der Waals surface area (Å²) in [6.45, 7) is 0. The molecule has 0 aliphatic heterocycles. The number of pyridine rings is 2. The van der Waals surface area contributed by atoms with Crippen LogP contribution in [0.2, 0.25) is 5.15 Å². The van der Waals surface area contributed by atoms with Gasteiger partial charge in [-0.1, -0.05) is 23.7 Å². The van der Waals surface area contributed by atoms with Crippen molar-refractivity contribution >= 4 is 17.2 Å². The van der Waals surface area contributed by atoms with Crippen LogP contribution in [0, 0.1) is 0 Å². The van der Waals surface area contributed by atoms with E-state index in [0.717, 1.165) is 5.69 Å². The predicted molar refractivity (Wildman–Crippen MR) is 61.2 cm³/mol. The van der Waals surface area contributed by atoms with E-state index >= 15 is 0 Å². The Bertz CT molecular complexity index is 633. The van der Waals surface area contributed by atoms with Crippen molar-refractivity contribution in [3.05, 3.63) is 47.7 Å². The Labute approximate surface area is 96.5 Å². The number of rotatable bonds is 1. The van der Waals surface area contributed by atoms with Crippen LogP contribution in [0.5, 0.6) is 0 Å². The van der Waals surface area contributed by atoms with E-state index < -0.39 is 0 Å². The second kappa shape index (κ2) is 3.57. The fourth-order valence-corrected chi connectivity index (χ4v) is 1.80. The van der Waals surface area contributed by atoms with E-state index in [4.69, 9.17) is 11.6 Å². The van der Waals surface area contributed by atoms with Crippen molar-refractivity contribution in [2.75, 3.05) is 0 Å². The summed E-state index contributed by atoms with van der Waals surface area (Å²) in [7, 11) is 0. The van der Waals surface area contributed by atoms with Crippen molar-refractivity contribution in [1.29, 1.82) is 0 Å². The molecule has 0 radical (unpaired) electrons. The van der Waals surface area contributed by atoms with E-state index in [0.29, 0.717) is 16.6 Å². The molecule has 0 aromatic carbocycles. The zero-order chi connectivity index (χ0) is 11.0. The molecule has 0 N–H and O–H groups in total. The lowest BCUT2D eigenvalue weighted by molar-refractivity contribution is 1.09. The highest BCUT2D eigenvalue weighted by Crippen LogP contribution is 2.20. The second-order valence-electron chi connectivity index (χ2n) is 3.28. The first-order valence-corrected chi connectivity index (χ1v) is 5.15. The van der Waals surface area contributed by atoms with Crippen molar-refractivity contribution < 1.29 is 0 Å². The van der Waals surface area contributed by atoms with E-state index in [1.165, 1.54) is 0 Å². The van der Waals surface area contributed by atoms with Crippen molar-refractivity contribution in [2.24, 2.45) is 0 Å². The van der Waals surface area contributed by atoms with E-state index in [-0.39, 0.29) is 0 Å². The molecule has 0 atom stereocenters. The van der Waals surface area contributed by atoms with Crippen LogP contribution in [0.4, 0.5) is 0 Å². The van der Waals surface area contributed by atoms with Crippen LogP contribution < -0.4 is 0 Å². The Kier molecular flexibility index (Phi) is 2.08. The highest BCUT2D eigenvalue weighted by molar-refractivity contribution is 6.29. The number of hydrogen-bond acceptors (Lipinski definition) is 3. The van der Waals surface area contributed by atoms with Gasteiger partial charge < -0.3 is 0 Å². The first-order valence-electron chi connectivity index (χ1n) is 4.77. The molecule has 78 valence electrons. The average molecular weight is 231 g/mol. The van der Waals surface area contributed by atoms with Gasteiger partial charge in [0.2, 0.25) is 0 Å². The third-order valence-corrected chi connectivity index (χ3v) is 2.57. The molecule has 3 rings (SSSR count). The summed E-state index contributed by atoms with van der Waals surface area (Å²) in [4.78, 5) is 4.23. The van der Waals surface area contributed by atoms with Gasteiger partial charge in [-0.25, -0.2) is 0 Å². The Hall–Kier alpha value is -1.94. The van der Waals surface area contributed by atoms with Crippen LogP contribution in [-0.4, -0.2) is 19.6 Å². The maximum atomic E-state index is 6.11. The molecule has 0 fully saturated rings. The van der Waals surface area contributed by atoms with Gasteiger partial charge in [0, 0.05) is 6.20 Å². The minimum absolute atomic E-state index is 0.572. The highest BCUT2D eigenvalue weighted by Gasteiger charge is 2.10. The zero-order valence-electron chi connectivity index (χ0n) is 8.21. The molecule has 0 aliphatic rings. The molecule has 0 saturated carbocycles. The molecule has 3 aromatic heterocycles. The Morgan fingerprint density at radius 2 is 1.94 bits per heavy atom. The summed E-state index contributed by atoms with van der Waals surface area (Å²) in [5, 5.41) is 8.71. The number of nitrogens with zero attached hydrogens (tertiary/aromatic N) is 4. The first-order chi connectivity index (χ1) is 7.86. The van der Waals surface area contributed by atoms with Crippen LogP contribution >= 0.6 is 11.6 Å². The molecule has 0 unspecified atom stereocenters. The van der Waals surface area contributed by atoms with E-state index in [9.17, 15) is 0 Å². The van der Waals surface area contributed by atoms with Crippen LogP contribution in [0.3, 0.4) is 0 Å². The smallest absolute Gasteiger partial charge is 0.188 e.